The quantitative estimate of drug-likeness (QED) is 0.742. The van der Waals surface area contributed by atoms with Crippen molar-refractivity contribution in [1.29, 1.82) is 0 Å². The van der Waals surface area contributed by atoms with E-state index in [9.17, 15) is 4.79 Å². The van der Waals surface area contributed by atoms with Crippen molar-refractivity contribution in [3.05, 3.63) is 48.4 Å². The Bertz CT molecular complexity index is 536. The summed E-state index contributed by atoms with van der Waals surface area (Å²) in [7, 11) is 0. The molecule has 1 unspecified atom stereocenters. The van der Waals surface area contributed by atoms with Crippen molar-refractivity contribution in [2.24, 2.45) is 5.73 Å². The molecule has 3 N–H and O–H groups in total. The number of hydrogen-bond acceptors (Lipinski definition) is 4. The first-order valence-electron chi connectivity index (χ1n) is 5.25. The number of carbonyl (C=O) groups is 1. The average molecular weight is 229 g/mol. The number of fused-ring (bicyclic) bond motifs is 3. The van der Waals surface area contributed by atoms with E-state index in [1.54, 1.807) is 23.4 Å². The number of carbonyl (C=O) groups excluding carboxylic acids is 1. The third-order valence-electron chi connectivity index (χ3n) is 2.71. The zero-order chi connectivity index (χ0) is 11.8. The number of primary amides is 1. The number of amides is 1. The third-order valence-corrected chi connectivity index (χ3v) is 2.71. The van der Waals surface area contributed by atoms with Crippen molar-refractivity contribution in [1.82, 2.24) is 5.43 Å². The van der Waals surface area contributed by atoms with Crippen LogP contribution in [0.5, 0.6) is 5.75 Å². The number of nitrogens with one attached hydrogen (secondary N) is 1. The summed E-state index contributed by atoms with van der Waals surface area (Å²) in [5.74, 6) is 0.321. The van der Waals surface area contributed by atoms with E-state index in [1.165, 1.54) is 0 Å². The third kappa shape index (κ3) is 1.57. The van der Waals surface area contributed by atoms with Crippen molar-refractivity contribution < 1.29 is 9.53 Å². The minimum atomic E-state index is -0.485. The van der Waals surface area contributed by atoms with Gasteiger partial charge in [-0.3, -0.25) is 9.80 Å². The van der Waals surface area contributed by atoms with Crippen LogP contribution >= 0.6 is 0 Å². The van der Waals surface area contributed by atoms with Gasteiger partial charge in [0.05, 0.1) is 12.0 Å². The maximum atomic E-state index is 11.2. The molecule has 0 saturated carbocycles. The summed E-state index contributed by atoms with van der Waals surface area (Å²) in [4.78, 5) is 11.2. The molecule has 2 aliphatic heterocycles. The van der Waals surface area contributed by atoms with Gasteiger partial charge in [0, 0.05) is 0 Å². The number of ether oxygens (including phenoxy) is 1. The van der Waals surface area contributed by atoms with E-state index in [1.807, 2.05) is 24.3 Å². The summed E-state index contributed by atoms with van der Waals surface area (Å²) in [6, 6.07) is 7.09. The molecule has 1 aromatic carbocycles. The zero-order valence-electron chi connectivity index (χ0n) is 8.96. The van der Waals surface area contributed by atoms with Gasteiger partial charge in [-0.15, -0.1) is 0 Å². The number of hydrogen-bond donors (Lipinski definition) is 2. The summed E-state index contributed by atoms with van der Waals surface area (Å²) < 4.78 is 5.46. The van der Waals surface area contributed by atoms with E-state index in [-0.39, 0.29) is 0 Å². The fourth-order valence-electron chi connectivity index (χ4n) is 1.90. The normalized spacial score (nSPS) is 21.1. The monoisotopic (exact) mass is 229 g/mol. The Hall–Kier alpha value is -2.27. The van der Waals surface area contributed by atoms with Crippen LogP contribution in [-0.2, 0) is 4.79 Å². The van der Waals surface area contributed by atoms with E-state index < -0.39 is 11.9 Å². The number of benzene rings is 1. The first-order valence-corrected chi connectivity index (χ1v) is 5.25. The molecule has 0 spiro atoms. The minimum Gasteiger partial charge on any atom is -0.463 e. The molecule has 17 heavy (non-hydrogen) atoms. The summed E-state index contributed by atoms with van der Waals surface area (Å²) in [6.45, 7) is 0. The molecule has 1 atom stereocenters. The molecule has 2 aliphatic rings. The van der Waals surface area contributed by atoms with Gasteiger partial charge in [-0.05, 0) is 24.3 Å². The number of nitrogens with two attached hydrogens (primary N) is 1. The molecule has 3 rings (SSSR count). The Labute approximate surface area is 98.1 Å². The number of para-hydroxylation sites is 2. The zero-order valence-corrected chi connectivity index (χ0v) is 8.96. The topological polar surface area (TPSA) is 67.6 Å². The van der Waals surface area contributed by atoms with Crippen LogP contribution in [0.25, 0.3) is 0 Å². The maximum Gasteiger partial charge on any atom is 0.240 e. The molecular weight excluding hydrogens is 218 g/mol. The molecule has 1 aromatic rings. The van der Waals surface area contributed by atoms with E-state index >= 15 is 0 Å². The van der Waals surface area contributed by atoms with Gasteiger partial charge in [0.2, 0.25) is 5.91 Å². The van der Waals surface area contributed by atoms with Crippen molar-refractivity contribution >= 4 is 11.6 Å². The highest BCUT2D eigenvalue weighted by molar-refractivity contribution is 5.84. The second-order valence-corrected chi connectivity index (χ2v) is 3.82. The highest BCUT2D eigenvalue weighted by Crippen LogP contribution is 2.34. The van der Waals surface area contributed by atoms with Crippen molar-refractivity contribution in [2.75, 3.05) is 5.01 Å². The lowest BCUT2D eigenvalue weighted by Gasteiger charge is -2.21. The van der Waals surface area contributed by atoms with E-state index in [0.717, 1.165) is 17.1 Å². The number of hydrazine groups is 1. The standard InChI is InChI=1S/C12H11N3O2/c13-12(16)9-7-8-5-6-17-11-4-2-1-3-10(11)15(8)14-9/h1-7,9,14H,(H2,13,16). The van der Waals surface area contributed by atoms with E-state index in [2.05, 4.69) is 5.43 Å². The lowest BCUT2D eigenvalue weighted by molar-refractivity contribution is -0.118. The van der Waals surface area contributed by atoms with Gasteiger partial charge >= 0.3 is 0 Å². The fraction of sp³-hybridized carbons (Fsp3) is 0.0833. The maximum absolute atomic E-state index is 11.2. The summed E-state index contributed by atoms with van der Waals surface area (Å²) >= 11 is 0. The first kappa shape index (κ1) is 9.92. The lowest BCUT2D eigenvalue weighted by atomic mass is 10.2. The fourth-order valence-corrected chi connectivity index (χ4v) is 1.90. The van der Waals surface area contributed by atoms with Gasteiger partial charge < -0.3 is 10.5 Å². The minimum absolute atomic E-state index is 0.405. The smallest absolute Gasteiger partial charge is 0.240 e. The van der Waals surface area contributed by atoms with Crippen LogP contribution in [0, 0.1) is 0 Å². The largest absolute Gasteiger partial charge is 0.463 e. The predicted molar refractivity (Wildman–Crippen MR) is 62.9 cm³/mol. The molecule has 5 nitrogen and oxygen atoms in total. The summed E-state index contributed by atoms with van der Waals surface area (Å²) in [6.07, 6.45) is 5.15. The highest BCUT2D eigenvalue weighted by atomic mass is 16.5. The van der Waals surface area contributed by atoms with E-state index in [4.69, 9.17) is 10.5 Å². The molecule has 0 fully saturated rings. The van der Waals surface area contributed by atoms with Gasteiger partial charge in [0.15, 0.2) is 5.75 Å². The molecule has 86 valence electrons. The Kier molecular flexibility index (Phi) is 2.12. The summed E-state index contributed by atoms with van der Waals surface area (Å²) in [5, 5.41) is 1.80. The number of rotatable bonds is 1. The van der Waals surface area contributed by atoms with Crippen LogP contribution in [0.2, 0.25) is 0 Å². The van der Waals surface area contributed by atoms with Gasteiger partial charge in [-0.25, -0.2) is 5.43 Å². The number of allylic oxidation sites excluding steroid dienone is 1. The molecule has 5 heteroatoms. The Balaban J connectivity index is 2.05. The van der Waals surface area contributed by atoms with E-state index in [0.29, 0.717) is 0 Å². The Morgan fingerprint density at radius 1 is 1.41 bits per heavy atom. The molecule has 1 amide bonds. The van der Waals surface area contributed by atoms with Crippen LogP contribution in [0.4, 0.5) is 5.69 Å². The van der Waals surface area contributed by atoms with Gasteiger partial charge in [-0.1, -0.05) is 12.1 Å². The van der Waals surface area contributed by atoms with Gasteiger partial charge in [0.1, 0.15) is 11.7 Å². The SMILES string of the molecule is NC(=O)C1C=C2C=COc3ccccc3N2N1. The molecule has 0 saturated heterocycles. The van der Waals surface area contributed by atoms with Crippen LogP contribution < -0.4 is 20.9 Å². The van der Waals surface area contributed by atoms with Crippen molar-refractivity contribution in [3.63, 3.8) is 0 Å². The second-order valence-electron chi connectivity index (χ2n) is 3.82. The predicted octanol–water partition coefficient (Wildman–Crippen LogP) is 0.655. The first-order chi connectivity index (χ1) is 8.25. The molecule has 0 aromatic heterocycles. The molecule has 0 aliphatic carbocycles. The highest BCUT2D eigenvalue weighted by Gasteiger charge is 2.28. The summed E-state index contributed by atoms with van der Waals surface area (Å²) in [5.41, 5.74) is 10.0. The molecule has 2 heterocycles. The molecular formula is C12H11N3O2. The van der Waals surface area contributed by atoms with Crippen LogP contribution in [0.1, 0.15) is 0 Å². The number of anilines is 1. The Morgan fingerprint density at radius 3 is 3.06 bits per heavy atom. The van der Waals surface area contributed by atoms with Crippen LogP contribution in [-0.4, -0.2) is 11.9 Å². The van der Waals surface area contributed by atoms with Gasteiger partial charge in [-0.2, -0.15) is 0 Å². The Morgan fingerprint density at radius 2 is 2.24 bits per heavy atom. The van der Waals surface area contributed by atoms with Crippen molar-refractivity contribution in [3.8, 4) is 5.75 Å². The van der Waals surface area contributed by atoms with Crippen molar-refractivity contribution in [2.45, 2.75) is 6.04 Å². The molecule has 0 radical (unpaired) electrons. The van der Waals surface area contributed by atoms with Gasteiger partial charge in [0.25, 0.3) is 0 Å². The molecule has 0 bridgehead atoms. The van der Waals surface area contributed by atoms with Crippen LogP contribution in [0.15, 0.2) is 48.4 Å². The lowest BCUT2D eigenvalue weighted by Crippen LogP contribution is -2.43. The van der Waals surface area contributed by atoms with Crippen LogP contribution in [0.3, 0.4) is 0 Å². The average Bonchev–Trinajstić information content (AvgIpc) is 2.67. The second kappa shape index (κ2) is 3.64. The number of nitrogens with zero attached hydrogens (tertiary/aromatic N) is 1.